The number of nitrogens with zero attached hydrogens (tertiary/aromatic N) is 3. The quantitative estimate of drug-likeness (QED) is 0.885. The molecule has 1 atom stereocenters. The number of nitrogens with one attached hydrogen (secondary N) is 1. The molecule has 6 heteroatoms. The summed E-state index contributed by atoms with van der Waals surface area (Å²) in [5.41, 5.74) is 1.41. The second kappa shape index (κ2) is 6.71. The Kier molecular flexibility index (Phi) is 4.56. The van der Waals surface area contributed by atoms with Gasteiger partial charge in [0.2, 0.25) is 0 Å². The molecule has 1 spiro atoms. The van der Waals surface area contributed by atoms with Gasteiger partial charge in [0.15, 0.2) is 0 Å². The molecule has 1 aliphatic heterocycles. The zero-order valence-corrected chi connectivity index (χ0v) is 15.3. The van der Waals surface area contributed by atoms with Gasteiger partial charge >= 0.3 is 0 Å². The lowest BCUT2D eigenvalue weighted by molar-refractivity contribution is 0.182. The summed E-state index contributed by atoms with van der Waals surface area (Å²) in [5.74, 6) is 0.764. The third-order valence-electron chi connectivity index (χ3n) is 5.84. The molecular formula is C19H24ClFN4. The molecule has 1 aromatic carbocycles. The molecule has 2 fully saturated rings. The van der Waals surface area contributed by atoms with Crippen molar-refractivity contribution in [2.75, 3.05) is 13.1 Å². The Balaban J connectivity index is 1.56. The van der Waals surface area contributed by atoms with E-state index in [0.29, 0.717) is 16.5 Å². The number of halogens is 2. The summed E-state index contributed by atoms with van der Waals surface area (Å²) in [6.07, 6.45) is 7.51. The molecule has 1 N–H and O–H groups in total. The first-order valence-electron chi connectivity index (χ1n) is 8.92. The second-order valence-corrected chi connectivity index (χ2v) is 7.83. The van der Waals surface area contributed by atoms with Crippen LogP contribution in [0.3, 0.4) is 0 Å². The standard InChI is InChI=1S/C19H24ClFN4/c1-24-9-8-23-18(24)13-25(12-14-2-3-15(21)10-16(14)20)17-11-19(17)4-6-22-7-5-19/h2-3,8-10,17,22H,4-7,11-13H2,1H3. The van der Waals surface area contributed by atoms with Crippen molar-refractivity contribution in [1.29, 1.82) is 0 Å². The zero-order valence-electron chi connectivity index (χ0n) is 14.5. The van der Waals surface area contributed by atoms with Gasteiger partial charge in [0.25, 0.3) is 0 Å². The highest BCUT2D eigenvalue weighted by molar-refractivity contribution is 6.31. The van der Waals surface area contributed by atoms with Gasteiger partial charge in [0.1, 0.15) is 11.6 Å². The van der Waals surface area contributed by atoms with E-state index >= 15 is 0 Å². The first kappa shape index (κ1) is 17.0. The topological polar surface area (TPSA) is 33.1 Å². The van der Waals surface area contributed by atoms with Crippen LogP contribution in [0, 0.1) is 11.2 Å². The van der Waals surface area contributed by atoms with Crippen LogP contribution in [0.4, 0.5) is 4.39 Å². The lowest BCUT2D eigenvalue weighted by Gasteiger charge is -2.29. The van der Waals surface area contributed by atoms with Gasteiger partial charge in [0.05, 0.1) is 6.54 Å². The molecule has 0 radical (unpaired) electrons. The van der Waals surface area contributed by atoms with Crippen LogP contribution in [0.15, 0.2) is 30.6 Å². The van der Waals surface area contributed by atoms with Crippen LogP contribution < -0.4 is 5.32 Å². The van der Waals surface area contributed by atoms with Crippen LogP contribution in [-0.4, -0.2) is 33.6 Å². The molecule has 1 aliphatic carbocycles. The van der Waals surface area contributed by atoms with Gasteiger partial charge in [-0.15, -0.1) is 0 Å². The largest absolute Gasteiger partial charge is 0.337 e. The van der Waals surface area contributed by atoms with Crippen molar-refractivity contribution in [3.63, 3.8) is 0 Å². The van der Waals surface area contributed by atoms with Gasteiger partial charge < -0.3 is 9.88 Å². The SMILES string of the molecule is Cn1ccnc1CN(Cc1ccc(F)cc1Cl)C1CC12CCNCC2. The van der Waals surface area contributed by atoms with Crippen molar-refractivity contribution in [2.45, 2.75) is 38.4 Å². The molecule has 1 saturated heterocycles. The normalized spacial score (nSPS) is 21.8. The maximum Gasteiger partial charge on any atom is 0.124 e. The van der Waals surface area contributed by atoms with E-state index in [1.54, 1.807) is 6.07 Å². The Morgan fingerprint density at radius 3 is 2.84 bits per heavy atom. The average Bonchev–Trinajstić information content (AvgIpc) is 3.12. The van der Waals surface area contributed by atoms with E-state index in [9.17, 15) is 4.39 Å². The van der Waals surface area contributed by atoms with Crippen molar-refractivity contribution in [3.8, 4) is 0 Å². The summed E-state index contributed by atoms with van der Waals surface area (Å²) >= 11 is 6.29. The first-order valence-corrected chi connectivity index (χ1v) is 9.30. The summed E-state index contributed by atoms with van der Waals surface area (Å²) in [4.78, 5) is 6.97. The molecule has 2 aromatic rings. The van der Waals surface area contributed by atoms with Gasteiger partial charge in [-0.3, -0.25) is 4.90 Å². The summed E-state index contributed by atoms with van der Waals surface area (Å²) < 4.78 is 15.4. The van der Waals surface area contributed by atoms with E-state index in [1.165, 1.54) is 31.4 Å². The highest BCUT2D eigenvalue weighted by Crippen LogP contribution is 2.56. The average molecular weight is 363 g/mol. The molecule has 134 valence electrons. The van der Waals surface area contributed by atoms with Gasteiger partial charge in [-0.1, -0.05) is 17.7 Å². The number of hydrogen-bond acceptors (Lipinski definition) is 3. The number of aryl methyl sites for hydroxylation is 1. The second-order valence-electron chi connectivity index (χ2n) is 7.43. The van der Waals surface area contributed by atoms with E-state index in [4.69, 9.17) is 11.6 Å². The Morgan fingerprint density at radius 2 is 2.16 bits per heavy atom. The van der Waals surface area contributed by atoms with Crippen molar-refractivity contribution < 1.29 is 4.39 Å². The van der Waals surface area contributed by atoms with Crippen molar-refractivity contribution >= 4 is 11.6 Å². The molecule has 0 bridgehead atoms. The number of piperidine rings is 1. The Bertz CT molecular complexity index is 754. The van der Waals surface area contributed by atoms with Crippen LogP contribution >= 0.6 is 11.6 Å². The zero-order chi connectivity index (χ0) is 17.4. The molecule has 2 aliphatic rings. The predicted octanol–water partition coefficient (Wildman–Crippen LogP) is 3.36. The van der Waals surface area contributed by atoms with Crippen LogP contribution in [0.2, 0.25) is 5.02 Å². The molecule has 25 heavy (non-hydrogen) atoms. The number of aromatic nitrogens is 2. The molecular weight excluding hydrogens is 339 g/mol. The Morgan fingerprint density at radius 1 is 1.36 bits per heavy atom. The Hall–Kier alpha value is -1.43. The summed E-state index contributed by atoms with van der Waals surface area (Å²) in [6.45, 7) is 3.72. The van der Waals surface area contributed by atoms with Crippen molar-refractivity contribution in [2.24, 2.45) is 12.5 Å². The molecule has 4 rings (SSSR count). The van der Waals surface area contributed by atoms with Crippen LogP contribution in [0.5, 0.6) is 0 Å². The third-order valence-corrected chi connectivity index (χ3v) is 6.19. The van der Waals surface area contributed by atoms with Gasteiger partial charge in [-0.05, 0) is 55.5 Å². The maximum absolute atomic E-state index is 13.4. The lowest BCUT2D eigenvalue weighted by Crippen LogP contribution is -2.36. The minimum absolute atomic E-state index is 0.286. The highest BCUT2D eigenvalue weighted by Gasteiger charge is 2.56. The van der Waals surface area contributed by atoms with Crippen LogP contribution in [0.1, 0.15) is 30.7 Å². The molecule has 2 heterocycles. The van der Waals surface area contributed by atoms with Gasteiger partial charge in [0, 0.05) is 37.1 Å². The number of benzene rings is 1. The molecule has 1 aromatic heterocycles. The van der Waals surface area contributed by atoms with Crippen molar-refractivity contribution in [1.82, 2.24) is 19.8 Å². The monoisotopic (exact) mass is 362 g/mol. The molecule has 1 saturated carbocycles. The minimum Gasteiger partial charge on any atom is -0.337 e. The van der Waals surface area contributed by atoms with Crippen LogP contribution in [-0.2, 0) is 20.1 Å². The van der Waals surface area contributed by atoms with E-state index in [-0.39, 0.29) is 5.82 Å². The van der Waals surface area contributed by atoms with Gasteiger partial charge in [-0.25, -0.2) is 9.37 Å². The first-order chi connectivity index (χ1) is 12.1. The fourth-order valence-corrected chi connectivity index (χ4v) is 4.41. The highest BCUT2D eigenvalue weighted by atomic mass is 35.5. The number of hydrogen-bond donors (Lipinski definition) is 1. The van der Waals surface area contributed by atoms with E-state index in [1.807, 2.05) is 19.4 Å². The molecule has 1 unspecified atom stereocenters. The van der Waals surface area contributed by atoms with Crippen LogP contribution in [0.25, 0.3) is 0 Å². The summed E-state index contributed by atoms with van der Waals surface area (Å²) in [6, 6.07) is 5.25. The fourth-order valence-electron chi connectivity index (χ4n) is 4.18. The van der Waals surface area contributed by atoms with Gasteiger partial charge in [-0.2, -0.15) is 0 Å². The maximum atomic E-state index is 13.4. The molecule has 0 amide bonds. The van der Waals surface area contributed by atoms with E-state index in [0.717, 1.165) is 37.6 Å². The van der Waals surface area contributed by atoms with Crippen molar-refractivity contribution in [3.05, 3.63) is 52.8 Å². The lowest BCUT2D eigenvalue weighted by atomic mass is 9.93. The number of rotatable bonds is 5. The summed E-state index contributed by atoms with van der Waals surface area (Å²) in [5, 5.41) is 3.97. The fraction of sp³-hybridized carbons (Fsp3) is 0.526. The number of imidazole rings is 1. The predicted molar refractivity (Wildman–Crippen MR) is 96.8 cm³/mol. The van der Waals surface area contributed by atoms with E-state index in [2.05, 4.69) is 19.8 Å². The molecule has 4 nitrogen and oxygen atoms in total. The Labute approximate surface area is 153 Å². The van der Waals surface area contributed by atoms with E-state index < -0.39 is 0 Å². The summed E-state index contributed by atoms with van der Waals surface area (Å²) in [7, 11) is 2.03. The third kappa shape index (κ3) is 3.46. The minimum atomic E-state index is -0.286. The smallest absolute Gasteiger partial charge is 0.124 e.